The van der Waals surface area contributed by atoms with Crippen molar-refractivity contribution in [3.63, 3.8) is 0 Å². The maximum atomic E-state index is 10.0. The minimum Gasteiger partial charge on any atom is -0.393 e. The Morgan fingerprint density at radius 2 is 2.13 bits per heavy atom. The third-order valence-corrected chi connectivity index (χ3v) is 5.99. The summed E-state index contributed by atoms with van der Waals surface area (Å²) in [6.07, 6.45) is 7.97. The third-order valence-electron chi connectivity index (χ3n) is 4.93. The van der Waals surface area contributed by atoms with Gasteiger partial charge in [-0.1, -0.05) is 25.0 Å². The van der Waals surface area contributed by atoms with E-state index in [1.54, 1.807) is 11.3 Å². The molecule has 4 heteroatoms. The van der Waals surface area contributed by atoms with E-state index in [0.29, 0.717) is 12.0 Å². The molecule has 1 fully saturated rings. The number of hydrogen-bond acceptors (Lipinski definition) is 4. The van der Waals surface area contributed by atoms with Crippen LogP contribution in [-0.2, 0) is 6.42 Å². The Bertz CT molecular complexity index is 579. The summed E-state index contributed by atoms with van der Waals surface area (Å²) in [4.78, 5) is 4.71. The summed E-state index contributed by atoms with van der Waals surface area (Å²) in [5.41, 5.74) is 1.12. The summed E-state index contributed by atoms with van der Waals surface area (Å²) in [5.74, 6) is 0.533. The van der Waals surface area contributed by atoms with Gasteiger partial charge in [0.05, 0.1) is 21.3 Å². The van der Waals surface area contributed by atoms with Gasteiger partial charge in [0.15, 0.2) is 0 Å². The van der Waals surface area contributed by atoms with Crippen molar-refractivity contribution in [3.05, 3.63) is 29.3 Å². The Labute approximate surface area is 143 Å². The maximum Gasteiger partial charge on any atom is 0.0954 e. The minimum atomic E-state index is -0.0519. The maximum absolute atomic E-state index is 10.0. The van der Waals surface area contributed by atoms with Crippen LogP contribution in [0.1, 0.15) is 50.5 Å². The van der Waals surface area contributed by atoms with Crippen LogP contribution in [0.4, 0.5) is 0 Å². The molecule has 2 aromatic rings. The summed E-state index contributed by atoms with van der Waals surface area (Å²) in [7, 11) is 0. The zero-order chi connectivity index (χ0) is 16.1. The molecule has 3 unspecified atom stereocenters. The Morgan fingerprint density at radius 1 is 1.30 bits per heavy atom. The van der Waals surface area contributed by atoms with Gasteiger partial charge in [-0.05, 0) is 57.2 Å². The molecule has 1 aromatic heterocycles. The number of aliphatic hydroxyl groups is 1. The third kappa shape index (κ3) is 4.75. The molecule has 0 bridgehead atoms. The highest BCUT2D eigenvalue weighted by atomic mass is 32.1. The van der Waals surface area contributed by atoms with Crippen LogP contribution in [0.25, 0.3) is 10.2 Å². The number of nitrogens with zero attached hydrogens (tertiary/aromatic N) is 1. The van der Waals surface area contributed by atoms with Crippen molar-refractivity contribution in [1.29, 1.82) is 0 Å². The molecule has 0 amide bonds. The van der Waals surface area contributed by atoms with Crippen molar-refractivity contribution in [1.82, 2.24) is 10.3 Å². The number of fused-ring (bicyclic) bond motifs is 1. The second-order valence-corrected chi connectivity index (χ2v) is 8.00. The zero-order valence-electron chi connectivity index (χ0n) is 14.0. The van der Waals surface area contributed by atoms with Gasteiger partial charge in [0, 0.05) is 12.5 Å². The summed E-state index contributed by atoms with van der Waals surface area (Å²) >= 11 is 1.80. The topological polar surface area (TPSA) is 45.2 Å². The number of para-hydroxylation sites is 1. The van der Waals surface area contributed by atoms with Crippen LogP contribution in [0.15, 0.2) is 24.3 Å². The quantitative estimate of drug-likeness (QED) is 0.749. The molecule has 0 aliphatic heterocycles. The second-order valence-electron chi connectivity index (χ2n) is 6.89. The van der Waals surface area contributed by atoms with Gasteiger partial charge in [-0.2, -0.15) is 0 Å². The van der Waals surface area contributed by atoms with Gasteiger partial charge in [0.1, 0.15) is 0 Å². The number of aliphatic hydroxyl groups excluding tert-OH is 1. The molecule has 1 saturated carbocycles. The Kier molecular flexibility index (Phi) is 6.03. The molecule has 0 radical (unpaired) electrons. The molecule has 126 valence electrons. The van der Waals surface area contributed by atoms with Gasteiger partial charge in [-0.3, -0.25) is 0 Å². The highest BCUT2D eigenvalue weighted by Gasteiger charge is 2.22. The van der Waals surface area contributed by atoms with E-state index in [4.69, 9.17) is 4.98 Å². The number of rotatable bonds is 7. The van der Waals surface area contributed by atoms with E-state index in [-0.39, 0.29) is 6.10 Å². The van der Waals surface area contributed by atoms with Crippen LogP contribution in [0.5, 0.6) is 0 Å². The molecule has 1 aromatic carbocycles. The van der Waals surface area contributed by atoms with Gasteiger partial charge in [-0.25, -0.2) is 4.98 Å². The normalized spacial score (nSPS) is 23.2. The van der Waals surface area contributed by atoms with Crippen LogP contribution in [-0.4, -0.2) is 28.8 Å². The predicted octanol–water partition coefficient (Wildman–Crippen LogP) is 4.15. The lowest BCUT2D eigenvalue weighted by Crippen LogP contribution is -2.30. The van der Waals surface area contributed by atoms with E-state index >= 15 is 0 Å². The smallest absolute Gasteiger partial charge is 0.0954 e. The van der Waals surface area contributed by atoms with Crippen molar-refractivity contribution < 1.29 is 5.11 Å². The first-order valence-electron chi connectivity index (χ1n) is 8.98. The molecule has 23 heavy (non-hydrogen) atoms. The summed E-state index contributed by atoms with van der Waals surface area (Å²) in [6.45, 7) is 3.27. The Morgan fingerprint density at radius 3 is 2.96 bits per heavy atom. The van der Waals surface area contributed by atoms with Crippen LogP contribution < -0.4 is 5.32 Å². The van der Waals surface area contributed by atoms with Gasteiger partial charge in [0.2, 0.25) is 0 Å². The minimum absolute atomic E-state index is 0.0519. The molecular weight excluding hydrogens is 304 g/mol. The van der Waals surface area contributed by atoms with Crippen LogP contribution in [0.3, 0.4) is 0 Å². The standard InChI is InChI=1S/C19H28N2OS/c1-14(13-19-21-16-9-3-5-11-18(16)23-19)20-12-6-8-15-7-2-4-10-17(15)22/h3,5,9,11,14-15,17,20,22H,2,4,6-8,10,12-13H2,1H3. The van der Waals surface area contributed by atoms with E-state index in [0.717, 1.165) is 37.7 Å². The van der Waals surface area contributed by atoms with E-state index < -0.39 is 0 Å². The average molecular weight is 333 g/mol. The second kappa shape index (κ2) is 8.22. The van der Waals surface area contributed by atoms with E-state index in [1.165, 1.54) is 29.0 Å². The van der Waals surface area contributed by atoms with Crippen molar-refractivity contribution in [3.8, 4) is 0 Å². The fourth-order valence-electron chi connectivity index (χ4n) is 3.58. The Hall–Kier alpha value is -0.970. The first-order chi connectivity index (χ1) is 11.2. The number of aromatic nitrogens is 1. The number of thiazole rings is 1. The highest BCUT2D eigenvalue weighted by Crippen LogP contribution is 2.27. The molecule has 3 atom stereocenters. The SMILES string of the molecule is CC(Cc1nc2ccccc2s1)NCCCC1CCCCC1O. The number of nitrogens with one attached hydrogen (secondary N) is 1. The average Bonchev–Trinajstić information content (AvgIpc) is 2.95. The van der Waals surface area contributed by atoms with Gasteiger partial charge in [0.25, 0.3) is 0 Å². The monoisotopic (exact) mass is 332 g/mol. The van der Waals surface area contributed by atoms with Crippen molar-refractivity contribution in [2.45, 2.75) is 64.0 Å². The summed E-state index contributed by atoms with van der Waals surface area (Å²) < 4.78 is 1.28. The van der Waals surface area contributed by atoms with E-state index in [2.05, 4.69) is 30.4 Å². The summed E-state index contributed by atoms with van der Waals surface area (Å²) in [5, 5.41) is 14.8. The van der Waals surface area contributed by atoms with Crippen molar-refractivity contribution >= 4 is 21.6 Å². The fraction of sp³-hybridized carbons (Fsp3) is 0.632. The molecule has 1 aliphatic rings. The lowest BCUT2D eigenvalue weighted by Gasteiger charge is -2.27. The highest BCUT2D eigenvalue weighted by molar-refractivity contribution is 7.18. The molecule has 1 heterocycles. The van der Waals surface area contributed by atoms with Gasteiger partial charge >= 0.3 is 0 Å². The van der Waals surface area contributed by atoms with Crippen LogP contribution >= 0.6 is 11.3 Å². The van der Waals surface area contributed by atoms with Crippen molar-refractivity contribution in [2.24, 2.45) is 5.92 Å². The first-order valence-corrected chi connectivity index (χ1v) is 9.80. The van der Waals surface area contributed by atoms with Crippen LogP contribution in [0, 0.1) is 5.92 Å². The summed E-state index contributed by atoms with van der Waals surface area (Å²) in [6, 6.07) is 8.80. The lowest BCUT2D eigenvalue weighted by atomic mass is 9.83. The molecule has 1 aliphatic carbocycles. The van der Waals surface area contributed by atoms with Crippen molar-refractivity contribution in [2.75, 3.05) is 6.54 Å². The molecule has 2 N–H and O–H groups in total. The van der Waals surface area contributed by atoms with Gasteiger partial charge in [-0.15, -0.1) is 11.3 Å². The largest absolute Gasteiger partial charge is 0.393 e. The molecule has 0 saturated heterocycles. The first kappa shape index (κ1) is 16.9. The van der Waals surface area contributed by atoms with Crippen LogP contribution in [0.2, 0.25) is 0 Å². The molecule has 3 rings (SSSR count). The lowest BCUT2D eigenvalue weighted by molar-refractivity contribution is 0.0642. The fourth-order valence-corrected chi connectivity index (χ4v) is 4.67. The number of benzene rings is 1. The molecule has 0 spiro atoms. The Balaban J connectivity index is 1.38. The van der Waals surface area contributed by atoms with Gasteiger partial charge < -0.3 is 10.4 Å². The number of hydrogen-bond donors (Lipinski definition) is 2. The molecule has 3 nitrogen and oxygen atoms in total. The predicted molar refractivity (Wildman–Crippen MR) is 98.0 cm³/mol. The molecular formula is C19H28N2OS. The zero-order valence-corrected chi connectivity index (χ0v) is 14.8. The van der Waals surface area contributed by atoms with E-state index in [9.17, 15) is 5.11 Å². The van der Waals surface area contributed by atoms with E-state index in [1.807, 2.05) is 6.07 Å².